The fraction of sp³-hybridized carbons (Fsp3) is 0.400. The highest BCUT2D eigenvalue weighted by molar-refractivity contribution is 6.63. The van der Waals surface area contributed by atoms with Crippen LogP contribution in [0.2, 0.25) is 0 Å². The van der Waals surface area contributed by atoms with E-state index in [0.717, 1.165) is 0 Å². The maximum absolute atomic E-state index is 10.3. The Morgan fingerprint density at radius 3 is 1.56 bits per heavy atom. The molecule has 0 aromatic rings. The van der Waals surface area contributed by atoms with Crippen molar-refractivity contribution in [1.29, 1.82) is 5.53 Å². The van der Waals surface area contributed by atoms with Crippen molar-refractivity contribution in [3.8, 4) is 0 Å². The summed E-state index contributed by atoms with van der Waals surface area (Å²) in [5.74, 6) is -0.921. The molecule has 0 aliphatic heterocycles. The second-order valence-corrected chi connectivity index (χ2v) is 1.57. The van der Waals surface area contributed by atoms with Gasteiger partial charge in [-0.1, -0.05) is 0 Å². The van der Waals surface area contributed by atoms with Gasteiger partial charge < -0.3 is 0 Å². The van der Waals surface area contributed by atoms with Gasteiger partial charge in [-0.05, 0) is 0 Å². The van der Waals surface area contributed by atoms with Crippen LogP contribution >= 0.6 is 0 Å². The molecule has 0 aromatic heterocycles. The van der Waals surface area contributed by atoms with Gasteiger partial charge in [0.05, 0.1) is 10.3 Å². The topological polar surface area (TPSA) is 72.1 Å². The number of carbonyl (C=O) groups is 2. The lowest BCUT2D eigenvalue weighted by molar-refractivity contribution is -0.143. The molecule has 0 spiro atoms. The zero-order valence-corrected chi connectivity index (χ0v) is 5.26. The second-order valence-electron chi connectivity index (χ2n) is 1.57. The number of hydrogen-bond donors (Lipinski definition) is 1. The zero-order chi connectivity index (χ0) is 7.44. The summed E-state index contributed by atoms with van der Waals surface area (Å²) in [6, 6.07) is 0. The molecule has 4 nitrogen and oxygen atoms in total. The van der Waals surface area contributed by atoms with Gasteiger partial charge in [-0.25, -0.2) is 0 Å². The molecule has 0 bridgehead atoms. The lowest BCUT2D eigenvalue weighted by atomic mass is 10.2. The molecule has 0 saturated carbocycles. The fourth-order valence-electron chi connectivity index (χ4n) is 0.405. The van der Waals surface area contributed by atoms with Gasteiger partial charge in [-0.3, -0.25) is 9.59 Å². The van der Waals surface area contributed by atoms with Crippen LogP contribution in [0, 0.1) is 5.53 Å². The van der Waals surface area contributed by atoms with Gasteiger partial charge in [0.15, 0.2) is 0 Å². The molecule has 0 aliphatic carbocycles. The van der Waals surface area contributed by atoms with Gasteiger partial charge in [0.2, 0.25) is 11.6 Å². The van der Waals surface area contributed by atoms with Crippen LogP contribution in [0.25, 0.3) is 0 Å². The highest BCUT2D eigenvalue weighted by Gasteiger charge is 2.22. The largest absolute Gasteiger partial charge is 0.448 e. The Morgan fingerprint density at radius 1 is 1.22 bits per heavy atom. The predicted molar refractivity (Wildman–Crippen MR) is 29.3 cm³/mol. The lowest BCUT2D eigenvalue weighted by Crippen LogP contribution is -2.19. The van der Waals surface area contributed by atoms with Gasteiger partial charge >= 0.3 is 5.71 Å². The number of ketones is 2. The molecule has 0 rings (SSSR count). The van der Waals surface area contributed by atoms with Gasteiger partial charge in [0, 0.05) is 13.8 Å². The number of Topliss-reactive ketones (excluding diaryl/α,β-unsaturated/α-hetero) is 2. The van der Waals surface area contributed by atoms with E-state index in [2.05, 4.69) is 4.79 Å². The monoisotopic (exact) mass is 127 g/mol. The highest BCUT2D eigenvalue weighted by Crippen LogP contribution is 1.75. The predicted octanol–water partition coefficient (Wildman–Crippen LogP) is -0.155. The SMILES string of the molecule is CC(=O)C(=[N+]=N)C(C)=O. The third-order valence-electron chi connectivity index (χ3n) is 0.779. The number of nitrogens with zero attached hydrogens (tertiary/aromatic N) is 1. The van der Waals surface area contributed by atoms with Crippen molar-refractivity contribution < 1.29 is 14.4 Å². The first-order valence-corrected chi connectivity index (χ1v) is 2.36. The first-order chi connectivity index (χ1) is 4.09. The Morgan fingerprint density at radius 2 is 1.56 bits per heavy atom. The van der Waals surface area contributed by atoms with Gasteiger partial charge in [0.25, 0.3) is 0 Å². The molecule has 0 amide bonds. The Bertz CT molecular complexity index is 185. The van der Waals surface area contributed by atoms with Crippen LogP contribution in [0.5, 0.6) is 0 Å². The molecule has 0 fully saturated rings. The quantitative estimate of drug-likeness (QED) is 0.242. The summed E-state index contributed by atoms with van der Waals surface area (Å²) in [7, 11) is 0. The van der Waals surface area contributed by atoms with Crippen molar-refractivity contribution in [2.75, 3.05) is 0 Å². The molecule has 0 heterocycles. The summed E-state index contributed by atoms with van der Waals surface area (Å²) in [6.07, 6.45) is 0. The highest BCUT2D eigenvalue weighted by atomic mass is 16.1. The van der Waals surface area contributed by atoms with Crippen molar-refractivity contribution in [3.63, 3.8) is 0 Å². The normalized spacial score (nSPS) is 7.78. The van der Waals surface area contributed by atoms with Crippen molar-refractivity contribution >= 4 is 17.3 Å². The van der Waals surface area contributed by atoms with E-state index in [9.17, 15) is 9.59 Å². The maximum Gasteiger partial charge on any atom is 0.448 e. The summed E-state index contributed by atoms with van der Waals surface area (Å²) in [5.41, 5.74) is 6.07. The minimum atomic E-state index is -0.461. The van der Waals surface area contributed by atoms with Crippen molar-refractivity contribution in [2.45, 2.75) is 13.8 Å². The van der Waals surface area contributed by atoms with Crippen LogP contribution < -0.4 is 0 Å². The van der Waals surface area contributed by atoms with E-state index < -0.39 is 11.6 Å². The first-order valence-electron chi connectivity index (χ1n) is 2.36. The fourth-order valence-corrected chi connectivity index (χ4v) is 0.405. The van der Waals surface area contributed by atoms with E-state index in [0.29, 0.717) is 0 Å². The lowest BCUT2D eigenvalue weighted by Gasteiger charge is -1.74. The summed E-state index contributed by atoms with van der Waals surface area (Å²) >= 11 is 0. The van der Waals surface area contributed by atoms with Crippen LogP contribution in [0.15, 0.2) is 0 Å². The Balaban J connectivity index is 4.59. The average molecular weight is 127 g/mol. The molecule has 4 heteroatoms. The minimum absolute atomic E-state index is 0.296. The van der Waals surface area contributed by atoms with Gasteiger partial charge in [0.1, 0.15) is 0 Å². The van der Waals surface area contributed by atoms with Gasteiger partial charge in [-0.2, -0.15) is 0 Å². The van der Waals surface area contributed by atoms with Crippen LogP contribution in [0.3, 0.4) is 0 Å². The Hall–Kier alpha value is -1.28. The van der Waals surface area contributed by atoms with E-state index in [1.54, 1.807) is 0 Å². The van der Waals surface area contributed by atoms with Crippen molar-refractivity contribution in [3.05, 3.63) is 0 Å². The molecular formula is C5H7N2O2+. The molecule has 0 radical (unpaired) electrons. The van der Waals surface area contributed by atoms with E-state index in [1.807, 2.05) is 0 Å². The summed E-state index contributed by atoms with van der Waals surface area (Å²) in [6.45, 7) is 2.41. The molecule has 0 aromatic carbocycles. The number of carbonyl (C=O) groups excluding carboxylic acids is 2. The van der Waals surface area contributed by atoms with Crippen molar-refractivity contribution in [1.82, 2.24) is 0 Å². The molecular weight excluding hydrogens is 120 g/mol. The van der Waals surface area contributed by atoms with Crippen molar-refractivity contribution in [2.24, 2.45) is 0 Å². The molecule has 1 N–H and O–H groups in total. The smallest absolute Gasteiger partial charge is 0.286 e. The van der Waals surface area contributed by atoms with E-state index >= 15 is 0 Å². The molecule has 0 atom stereocenters. The molecule has 0 aliphatic rings. The standard InChI is InChI=1S/C5H7N2O2/c1-3(8)5(7-6)4(2)9/h6H,1-2H3/q+1. The summed E-state index contributed by atoms with van der Waals surface area (Å²) in [5, 5.41) is 0. The maximum atomic E-state index is 10.3. The third kappa shape index (κ3) is 1.97. The van der Waals surface area contributed by atoms with E-state index in [4.69, 9.17) is 5.53 Å². The number of hydrogen-bond acceptors (Lipinski definition) is 3. The zero-order valence-electron chi connectivity index (χ0n) is 5.26. The van der Waals surface area contributed by atoms with E-state index in [-0.39, 0.29) is 5.71 Å². The van der Waals surface area contributed by atoms with Crippen LogP contribution in [-0.4, -0.2) is 22.1 Å². The first kappa shape index (κ1) is 7.72. The van der Waals surface area contributed by atoms with E-state index in [1.165, 1.54) is 13.8 Å². The Kier molecular flexibility index (Phi) is 2.48. The second kappa shape index (κ2) is 2.89. The average Bonchev–Trinajstić information content (AvgIpc) is 1.64. The molecule has 0 saturated heterocycles. The summed E-state index contributed by atoms with van der Waals surface area (Å²) < 4.78 is 0. The van der Waals surface area contributed by atoms with Crippen LogP contribution in [-0.2, 0) is 9.59 Å². The summed E-state index contributed by atoms with van der Waals surface area (Å²) in [4.78, 5) is 23.4. The van der Waals surface area contributed by atoms with Gasteiger partial charge in [-0.15, -0.1) is 0 Å². The number of nitrogens with one attached hydrogen (secondary N) is 1. The molecule has 0 unspecified atom stereocenters. The van der Waals surface area contributed by atoms with Crippen LogP contribution in [0.1, 0.15) is 13.8 Å². The van der Waals surface area contributed by atoms with Crippen LogP contribution in [0.4, 0.5) is 0 Å². The molecule has 48 valence electrons. The minimum Gasteiger partial charge on any atom is -0.286 e. The Labute approximate surface area is 52.1 Å². The molecule has 9 heavy (non-hydrogen) atoms. The third-order valence-corrected chi connectivity index (χ3v) is 0.779. The number of rotatable bonds is 2.